The molecule has 5 rings (SSSR count). The average molecular weight is 459 g/mol. The van der Waals surface area contributed by atoms with Crippen LogP contribution in [0.1, 0.15) is 23.1 Å². The number of rotatable bonds is 3. The van der Waals surface area contributed by atoms with Gasteiger partial charge in [0, 0.05) is 44.5 Å². The number of halogens is 1. The third-order valence-corrected chi connectivity index (χ3v) is 6.11. The molecule has 10 heteroatoms. The van der Waals surface area contributed by atoms with Gasteiger partial charge in [-0.05, 0) is 31.2 Å². The number of hydrogen-bond donors (Lipinski definition) is 0. The number of aryl methyl sites for hydroxylation is 2. The van der Waals surface area contributed by atoms with Crippen LogP contribution in [0.2, 0.25) is 0 Å². The number of pyridine rings is 1. The molecule has 1 aromatic carbocycles. The third-order valence-electron chi connectivity index (χ3n) is 6.11. The van der Waals surface area contributed by atoms with Crippen LogP contribution in [0.25, 0.3) is 22.2 Å². The molecule has 172 valence electrons. The highest BCUT2D eigenvalue weighted by Crippen LogP contribution is 2.32. The Morgan fingerprint density at radius 3 is 2.76 bits per heavy atom. The van der Waals surface area contributed by atoms with E-state index in [4.69, 9.17) is 15.0 Å². The van der Waals surface area contributed by atoms with Crippen molar-refractivity contribution in [2.45, 2.75) is 13.0 Å². The summed E-state index contributed by atoms with van der Waals surface area (Å²) < 4.78 is 24.2. The van der Waals surface area contributed by atoms with Gasteiger partial charge in [-0.25, -0.2) is 14.4 Å². The van der Waals surface area contributed by atoms with Gasteiger partial charge in [-0.1, -0.05) is 0 Å². The van der Waals surface area contributed by atoms with Crippen LogP contribution in [0.4, 0.5) is 10.2 Å². The summed E-state index contributed by atoms with van der Waals surface area (Å²) in [6, 6.07) is 7.84. The minimum atomic E-state index is -0.597. The van der Waals surface area contributed by atoms with Crippen LogP contribution in [-0.2, 0) is 18.8 Å². The van der Waals surface area contributed by atoms with Gasteiger partial charge in [-0.2, -0.15) is 10.4 Å². The lowest BCUT2D eigenvalue weighted by atomic mass is 10.0. The monoisotopic (exact) mass is 459 g/mol. The first-order valence-electron chi connectivity index (χ1n) is 10.8. The number of aromatic nitrogens is 5. The molecule has 0 bridgehead atoms. The molecule has 0 saturated carbocycles. The van der Waals surface area contributed by atoms with E-state index in [-0.39, 0.29) is 28.5 Å². The molecule has 1 atom stereocenters. The lowest BCUT2D eigenvalue weighted by Crippen LogP contribution is -2.39. The lowest BCUT2D eigenvalue weighted by Gasteiger charge is -2.33. The van der Waals surface area contributed by atoms with Gasteiger partial charge in [0.1, 0.15) is 34.8 Å². The number of benzene rings is 1. The molecule has 0 spiro atoms. The van der Waals surface area contributed by atoms with E-state index >= 15 is 4.39 Å². The van der Waals surface area contributed by atoms with Crippen molar-refractivity contribution in [2.75, 3.05) is 24.6 Å². The molecule has 0 amide bonds. The highest BCUT2D eigenvalue weighted by molar-refractivity contribution is 5.93. The maximum absolute atomic E-state index is 15.0. The van der Waals surface area contributed by atoms with Crippen molar-refractivity contribution in [3.8, 4) is 17.3 Å². The summed E-state index contributed by atoms with van der Waals surface area (Å²) in [4.78, 5) is 24.5. The standard InChI is InChI=1S/C24H22FN7O2/c1-14-28-23-18(24(33)31(14)3)9-21(29-22(23)17-5-4-15(10-26)8-19(17)25)32-6-7-34-20(13-32)16-11-27-30(2)12-16/h4-5,8-9,11-12,20H,6-7,13H2,1-3H3/t20-/m1/s1. The largest absolute Gasteiger partial charge is 0.370 e. The van der Waals surface area contributed by atoms with Crippen molar-refractivity contribution in [1.29, 1.82) is 5.26 Å². The number of nitriles is 1. The van der Waals surface area contributed by atoms with E-state index in [0.717, 1.165) is 11.6 Å². The van der Waals surface area contributed by atoms with Crippen LogP contribution in [0.3, 0.4) is 0 Å². The zero-order valence-corrected chi connectivity index (χ0v) is 19.0. The first kappa shape index (κ1) is 21.7. The quantitative estimate of drug-likeness (QED) is 0.464. The first-order chi connectivity index (χ1) is 16.4. The van der Waals surface area contributed by atoms with E-state index < -0.39 is 5.82 Å². The molecule has 1 fully saturated rings. The fraction of sp³-hybridized carbons (Fsp3) is 0.292. The Bertz CT molecular complexity index is 1520. The Kier molecular flexibility index (Phi) is 5.34. The van der Waals surface area contributed by atoms with Gasteiger partial charge in [-0.3, -0.25) is 14.0 Å². The molecule has 4 aromatic rings. The highest BCUT2D eigenvalue weighted by atomic mass is 19.1. The van der Waals surface area contributed by atoms with Gasteiger partial charge >= 0.3 is 0 Å². The second-order valence-corrected chi connectivity index (χ2v) is 8.31. The lowest BCUT2D eigenvalue weighted by molar-refractivity contribution is 0.0395. The fourth-order valence-corrected chi connectivity index (χ4v) is 4.16. The maximum atomic E-state index is 15.0. The van der Waals surface area contributed by atoms with E-state index in [2.05, 4.69) is 10.1 Å². The highest BCUT2D eigenvalue weighted by Gasteiger charge is 2.26. The molecule has 0 N–H and O–H groups in total. The van der Waals surface area contributed by atoms with E-state index in [9.17, 15) is 4.79 Å². The smallest absolute Gasteiger partial charge is 0.261 e. The van der Waals surface area contributed by atoms with E-state index in [1.807, 2.05) is 24.2 Å². The predicted molar refractivity (Wildman–Crippen MR) is 124 cm³/mol. The molecular weight excluding hydrogens is 437 g/mol. The summed E-state index contributed by atoms with van der Waals surface area (Å²) in [5.41, 5.74) is 1.68. The van der Waals surface area contributed by atoms with Crippen molar-refractivity contribution >= 4 is 16.7 Å². The van der Waals surface area contributed by atoms with E-state index in [1.54, 1.807) is 30.9 Å². The summed E-state index contributed by atoms with van der Waals surface area (Å²) in [6.07, 6.45) is 3.46. The van der Waals surface area contributed by atoms with Crippen LogP contribution in [-0.4, -0.2) is 44.0 Å². The molecule has 0 radical (unpaired) electrons. The second kappa shape index (κ2) is 8.35. The number of anilines is 1. The summed E-state index contributed by atoms with van der Waals surface area (Å²) >= 11 is 0. The van der Waals surface area contributed by atoms with Gasteiger partial charge in [0.15, 0.2) is 0 Å². The molecule has 1 saturated heterocycles. The fourth-order valence-electron chi connectivity index (χ4n) is 4.16. The number of morpholine rings is 1. The maximum Gasteiger partial charge on any atom is 0.261 e. The Balaban J connectivity index is 1.67. The Labute approximate surface area is 194 Å². The summed E-state index contributed by atoms with van der Waals surface area (Å²) in [5, 5.41) is 13.7. The number of fused-ring (bicyclic) bond motifs is 1. The number of nitrogens with zero attached hydrogens (tertiary/aromatic N) is 7. The Morgan fingerprint density at radius 1 is 1.24 bits per heavy atom. The summed E-state index contributed by atoms with van der Waals surface area (Å²) in [6.45, 7) is 3.24. The molecule has 0 aliphatic carbocycles. The molecule has 0 unspecified atom stereocenters. The normalized spacial score (nSPS) is 16.1. The molecule has 4 heterocycles. The zero-order valence-electron chi connectivity index (χ0n) is 19.0. The average Bonchev–Trinajstić information content (AvgIpc) is 3.28. The number of hydrogen-bond acceptors (Lipinski definition) is 7. The molecule has 9 nitrogen and oxygen atoms in total. The molecule has 3 aromatic heterocycles. The van der Waals surface area contributed by atoms with Gasteiger partial charge in [0.2, 0.25) is 0 Å². The summed E-state index contributed by atoms with van der Waals surface area (Å²) in [5.74, 6) is 0.428. The van der Waals surface area contributed by atoms with Crippen molar-refractivity contribution in [3.63, 3.8) is 0 Å². The van der Waals surface area contributed by atoms with Crippen LogP contribution < -0.4 is 10.5 Å². The van der Waals surface area contributed by atoms with Gasteiger partial charge in [0.05, 0.1) is 29.8 Å². The summed E-state index contributed by atoms with van der Waals surface area (Å²) in [7, 11) is 3.50. The minimum absolute atomic E-state index is 0.183. The molecular formula is C24H22FN7O2. The van der Waals surface area contributed by atoms with Crippen LogP contribution in [0, 0.1) is 24.1 Å². The van der Waals surface area contributed by atoms with Crippen LogP contribution >= 0.6 is 0 Å². The SMILES string of the molecule is Cc1nc2c(-c3ccc(C#N)cc3F)nc(N3CCO[C@@H](c4cnn(C)c4)C3)cc2c(=O)n1C. The zero-order chi connectivity index (χ0) is 24.0. The van der Waals surface area contributed by atoms with Crippen LogP contribution in [0.5, 0.6) is 0 Å². The Hall–Kier alpha value is -4.10. The molecule has 1 aliphatic rings. The molecule has 34 heavy (non-hydrogen) atoms. The van der Waals surface area contributed by atoms with E-state index in [1.165, 1.54) is 16.7 Å². The predicted octanol–water partition coefficient (Wildman–Crippen LogP) is 2.63. The third kappa shape index (κ3) is 3.70. The number of ether oxygens (including phenoxy) is 1. The van der Waals surface area contributed by atoms with Crippen molar-refractivity contribution < 1.29 is 9.13 Å². The Morgan fingerprint density at radius 2 is 2.06 bits per heavy atom. The van der Waals surface area contributed by atoms with Gasteiger partial charge in [-0.15, -0.1) is 0 Å². The minimum Gasteiger partial charge on any atom is -0.370 e. The van der Waals surface area contributed by atoms with Crippen molar-refractivity contribution in [1.82, 2.24) is 24.3 Å². The van der Waals surface area contributed by atoms with Gasteiger partial charge < -0.3 is 9.64 Å². The topological polar surface area (TPSA) is 102 Å². The van der Waals surface area contributed by atoms with E-state index in [0.29, 0.717) is 42.2 Å². The van der Waals surface area contributed by atoms with Gasteiger partial charge in [0.25, 0.3) is 5.56 Å². The first-order valence-corrected chi connectivity index (χ1v) is 10.8. The molecule has 1 aliphatic heterocycles. The van der Waals surface area contributed by atoms with Crippen LogP contribution in [0.15, 0.2) is 41.5 Å². The second-order valence-electron chi connectivity index (χ2n) is 8.31. The van der Waals surface area contributed by atoms with Crippen molar-refractivity contribution in [3.05, 3.63) is 69.8 Å². The van der Waals surface area contributed by atoms with Crippen molar-refractivity contribution in [2.24, 2.45) is 14.1 Å².